The maximum absolute atomic E-state index is 12.3. The van der Waals surface area contributed by atoms with Crippen LogP contribution in [0.1, 0.15) is 37.7 Å². The van der Waals surface area contributed by atoms with Crippen LogP contribution in [0.3, 0.4) is 0 Å². The van der Waals surface area contributed by atoms with Crippen molar-refractivity contribution in [3.63, 3.8) is 0 Å². The molecule has 0 saturated heterocycles. The van der Waals surface area contributed by atoms with E-state index < -0.39 is 11.9 Å². The molecule has 9 heteroatoms. The molecule has 0 atom stereocenters. The monoisotopic (exact) mass is 403 g/mol. The number of hydrogen-bond acceptors (Lipinski definition) is 8. The smallest absolute Gasteiger partial charge is 0.337 e. The van der Waals surface area contributed by atoms with Crippen molar-refractivity contribution in [2.24, 2.45) is 0 Å². The summed E-state index contributed by atoms with van der Waals surface area (Å²) in [6.45, 7) is 5.72. The van der Waals surface area contributed by atoms with Crippen LogP contribution in [-0.2, 0) is 14.3 Å². The van der Waals surface area contributed by atoms with Crippen LogP contribution < -0.4 is 5.32 Å². The molecule has 0 bridgehead atoms. The molecular weight excluding hydrogens is 382 g/mol. The lowest BCUT2D eigenvalue weighted by atomic mass is 10.1. The third kappa shape index (κ3) is 5.29. The Balaban J connectivity index is 2.14. The van der Waals surface area contributed by atoms with E-state index in [1.807, 2.05) is 20.8 Å². The van der Waals surface area contributed by atoms with Gasteiger partial charge >= 0.3 is 11.9 Å². The van der Waals surface area contributed by atoms with Crippen molar-refractivity contribution in [3.8, 4) is 0 Å². The first-order chi connectivity index (χ1) is 13.2. The molecule has 2 rings (SSSR count). The van der Waals surface area contributed by atoms with E-state index in [1.165, 1.54) is 44.2 Å². The highest BCUT2D eigenvalue weighted by molar-refractivity contribution is 7.99. The minimum absolute atomic E-state index is 0.0674. The van der Waals surface area contributed by atoms with Crippen molar-refractivity contribution in [2.75, 3.05) is 25.3 Å². The number of benzene rings is 1. The molecule has 28 heavy (non-hydrogen) atoms. The molecule has 1 aromatic heterocycles. The topological polar surface area (TPSA) is 107 Å². The number of carbonyl (C=O) groups excluding carboxylic acids is 3. The SMILES string of the molecule is COC(=O)c1cc(NC(=O)CSc2nc(C)c(C)c(C)n2)cc(C(=O)OC)c1. The number of hydrogen-bond donors (Lipinski definition) is 1. The maximum atomic E-state index is 12.3. The van der Waals surface area contributed by atoms with Crippen molar-refractivity contribution >= 4 is 35.3 Å². The molecule has 1 heterocycles. The van der Waals surface area contributed by atoms with E-state index in [9.17, 15) is 14.4 Å². The van der Waals surface area contributed by atoms with Gasteiger partial charge in [-0.05, 0) is 44.5 Å². The zero-order valence-corrected chi connectivity index (χ0v) is 17.1. The van der Waals surface area contributed by atoms with Crippen LogP contribution in [-0.4, -0.2) is 47.8 Å². The van der Waals surface area contributed by atoms with E-state index in [0.717, 1.165) is 17.0 Å². The summed E-state index contributed by atoms with van der Waals surface area (Å²) in [5.74, 6) is -1.52. The molecule has 1 aromatic carbocycles. The number of amides is 1. The highest BCUT2D eigenvalue weighted by Gasteiger charge is 2.15. The van der Waals surface area contributed by atoms with Gasteiger partial charge in [-0.3, -0.25) is 4.79 Å². The molecule has 0 radical (unpaired) electrons. The average Bonchev–Trinajstić information content (AvgIpc) is 2.68. The highest BCUT2D eigenvalue weighted by Crippen LogP contribution is 2.20. The number of methoxy groups -OCH3 is 2. The summed E-state index contributed by atoms with van der Waals surface area (Å²) in [4.78, 5) is 44.6. The van der Waals surface area contributed by atoms with Crippen LogP contribution >= 0.6 is 11.8 Å². The Morgan fingerprint density at radius 3 is 1.89 bits per heavy atom. The minimum Gasteiger partial charge on any atom is -0.465 e. The fourth-order valence-corrected chi connectivity index (χ4v) is 3.04. The van der Waals surface area contributed by atoms with Gasteiger partial charge in [0.2, 0.25) is 5.91 Å². The number of aromatic nitrogens is 2. The van der Waals surface area contributed by atoms with Crippen LogP contribution in [0, 0.1) is 20.8 Å². The summed E-state index contributed by atoms with van der Waals surface area (Å²) >= 11 is 1.20. The van der Waals surface area contributed by atoms with E-state index >= 15 is 0 Å². The number of esters is 2. The fraction of sp³-hybridized carbons (Fsp3) is 0.316. The third-order valence-electron chi connectivity index (χ3n) is 4.00. The second-order valence-corrected chi connectivity index (χ2v) is 6.86. The van der Waals surface area contributed by atoms with Crippen molar-refractivity contribution in [1.29, 1.82) is 0 Å². The number of rotatable bonds is 6. The van der Waals surface area contributed by atoms with Crippen molar-refractivity contribution < 1.29 is 23.9 Å². The Kier molecular flexibility index (Phi) is 7.11. The summed E-state index contributed by atoms with van der Waals surface area (Å²) in [6.07, 6.45) is 0. The average molecular weight is 403 g/mol. The van der Waals surface area contributed by atoms with Gasteiger partial charge in [0.15, 0.2) is 5.16 Å². The van der Waals surface area contributed by atoms with Gasteiger partial charge in [0.1, 0.15) is 0 Å². The highest BCUT2D eigenvalue weighted by atomic mass is 32.2. The second kappa shape index (κ2) is 9.32. The summed E-state index contributed by atoms with van der Waals surface area (Å²) < 4.78 is 9.36. The predicted molar refractivity (Wildman–Crippen MR) is 105 cm³/mol. The zero-order chi connectivity index (χ0) is 20.8. The molecule has 0 saturated carbocycles. The van der Waals surface area contributed by atoms with Crippen LogP contribution in [0.4, 0.5) is 5.69 Å². The lowest BCUT2D eigenvalue weighted by Gasteiger charge is -2.10. The van der Waals surface area contributed by atoms with Gasteiger partial charge in [0, 0.05) is 17.1 Å². The molecule has 0 spiro atoms. The molecule has 148 valence electrons. The van der Waals surface area contributed by atoms with Gasteiger partial charge in [-0.25, -0.2) is 19.6 Å². The molecule has 0 aliphatic rings. The van der Waals surface area contributed by atoms with E-state index in [2.05, 4.69) is 24.8 Å². The van der Waals surface area contributed by atoms with Gasteiger partial charge in [-0.1, -0.05) is 11.8 Å². The Morgan fingerprint density at radius 1 is 0.929 bits per heavy atom. The Hall–Kier alpha value is -2.94. The van der Waals surface area contributed by atoms with Crippen LogP contribution in [0.5, 0.6) is 0 Å². The lowest BCUT2D eigenvalue weighted by molar-refractivity contribution is -0.113. The van der Waals surface area contributed by atoms with Crippen molar-refractivity contribution in [3.05, 3.63) is 46.3 Å². The Labute approximate surface area is 167 Å². The fourth-order valence-electron chi connectivity index (χ4n) is 2.30. The van der Waals surface area contributed by atoms with Gasteiger partial charge < -0.3 is 14.8 Å². The third-order valence-corrected chi connectivity index (χ3v) is 4.85. The van der Waals surface area contributed by atoms with Crippen LogP contribution in [0.15, 0.2) is 23.4 Å². The first-order valence-corrected chi connectivity index (χ1v) is 9.30. The first-order valence-electron chi connectivity index (χ1n) is 8.31. The maximum Gasteiger partial charge on any atom is 0.337 e. The summed E-state index contributed by atoms with van der Waals surface area (Å²) in [5.41, 5.74) is 3.28. The van der Waals surface area contributed by atoms with E-state index in [1.54, 1.807) is 0 Å². The van der Waals surface area contributed by atoms with Gasteiger partial charge in [-0.15, -0.1) is 0 Å². The number of nitrogens with zero attached hydrogens (tertiary/aromatic N) is 2. The normalized spacial score (nSPS) is 10.3. The zero-order valence-electron chi connectivity index (χ0n) is 16.3. The summed E-state index contributed by atoms with van der Waals surface area (Å²) in [6, 6.07) is 4.20. The van der Waals surface area contributed by atoms with Crippen molar-refractivity contribution in [2.45, 2.75) is 25.9 Å². The van der Waals surface area contributed by atoms with Crippen LogP contribution in [0.25, 0.3) is 0 Å². The van der Waals surface area contributed by atoms with Gasteiger partial charge in [0.25, 0.3) is 0 Å². The molecule has 0 aliphatic carbocycles. The molecule has 0 fully saturated rings. The first kappa shape index (κ1) is 21.4. The van der Waals surface area contributed by atoms with E-state index in [-0.39, 0.29) is 28.5 Å². The van der Waals surface area contributed by atoms with Gasteiger partial charge in [-0.2, -0.15) is 0 Å². The molecule has 1 amide bonds. The molecule has 8 nitrogen and oxygen atoms in total. The number of aryl methyl sites for hydroxylation is 2. The predicted octanol–water partition coefficient (Wildman–Crippen LogP) is 2.71. The standard InChI is InChI=1S/C19H21N3O5S/c1-10-11(2)20-19(21-12(10)3)28-9-16(23)22-15-7-13(17(24)26-4)6-14(8-15)18(25)27-5/h6-8H,9H2,1-5H3,(H,22,23). The van der Waals surface area contributed by atoms with Crippen molar-refractivity contribution in [1.82, 2.24) is 9.97 Å². The van der Waals surface area contributed by atoms with Gasteiger partial charge in [0.05, 0.1) is 31.1 Å². The Morgan fingerprint density at radius 2 is 1.43 bits per heavy atom. The van der Waals surface area contributed by atoms with E-state index in [0.29, 0.717) is 5.16 Å². The van der Waals surface area contributed by atoms with Crippen LogP contribution in [0.2, 0.25) is 0 Å². The number of anilines is 1. The number of nitrogens with one attached hydrogen (secondary N) is 1. The van der Waals surface area contributed by atoms with E-state index in [4.69, 9.17) is 0 Å². The molecular formula is C19H21N3O5S. The number of ether oxygens (including phenoxy) is 2. The molecule has 1 N–H and O–H groups in total. The second-order valence-electron chi connectivity index (χ2n) is 5.92. The molecule has 0 aliphatic heterocycles. The number of carbonyl (C=O) groups is 3. The molecule has 2 aromatic rings. The number of thioether (sulfide) groups is 1. The largest absolute Gasteiger partial charge is 0.465 e. The summed E-state index contributed by atoms with van der Waals surface area (Å²) in [7, 11) is 2.46. The Bertz CT molecular complexity index is 873. The lowest BCUT2D eigenvalue weighted by Crippen LogP contribution is -2.16. The molecule has 0 unspecified atom stereocenters. The summed E-state index contributed by atoms with van der Waals surface area (Å²) in [5, 5.41) is 3.17. The minimum atomic E-state index is -0.630. The quantitative estimate of drug-likeness (QED) is 0.446.